The van der Waals surface area contributed by atoms with Crippen LogP contribution in [0, 0.1) is 13.8 Å². The molecule has 6 aromatic heterocycles. The van der Waals surface area contributed by atoms with Crippen LogP contribution in [0.25, 0.3) is 45.4 Å². The first-order valence-electron chi connectivity index (χ1n) is 16.1. The Morgan fingerprint density at radius 2 is 1.04 bits per heavy atom. The first-order chi connectivity index (χ1) is 24.0. The Balaban J connectivity index is 1.27. The second-order valence-corrected chi connectivity index (χ2v) is 11.5. The van der Waals surface area contributed by atoms with Crippen LogP contribution in [-0.2, 0) is 12.8 Å². The molecular weight excluding hydrogens is 620 g/mol. The molecular formula is C34H32N14O. The highest BCUT2D eigenvalue weighted by Gasteiger charge is 2.23. The Morgan fingerprint density at radius 1 is 0.592 bits per heavy atom. The quantitative estimate of drug-likeness (QED) is 0.187. The highest BCUT2D eigenvalue weighted by atomic mass is 16.5. The number of benzene rings is 2. The zero-order valence-electron chi connectivity index (χ0n) is 27.4. The van der Waals surface area contributed by atoms with Gasteiger partial charge in [0, 0.05) is 12.8 Å². The fraction of sp³-hybridized carbons (Fsp3) is 0.235. The van der Waals surface area contributed by atoms with Crippen LogP contribution in [0.3, 0.4) is 0 Å². The minimum atomic E-state index is 0.449. The van der Waals surface area contributed by atoms with Crippen LogP contribution in [-0.4, -0.2) is 68.7 Å². The van der Waals surface area contributed by atoms with Crippen molar-refractivity contribution in [1.29, 1.82) is 0 Å². The third kappa shape index (κ3) is 5.24. The number of aryl methyl sites for hydroxylation is 4. The predicted molar refractivity (Wildman–Crippen MR) is 180 cm³/mol. The number of ether oxygens (including phenoxy) is 1. The van der Waals surface area contributed by atoms with Crippen LogP contribution in [0.5, 0.6) is 11.5 Å². The molecule has 0 aliphatic rings. The van der Waals surface area contributed by atoms with Gasteiger partial charge in [0.05, 0.1) is 22.5 Å². The van der Waals surface area contributed by atoms with E-state index in [1.54, 1.807) is 22.0 Å². The van der Waals surface area contributed by atoms with Gasteiger partial charge in [-0.3, -0.25) is 0 Å². The van der Waals surface area contributed by atoms with Crippen LogP contribution in [0.4, 0.5) is 0 Å². The van der Waals surface area contributed by atoms with Gasteiger partial charge in [-0.05, 0) is 51.0 Å². The maximum atomic E-state index is 6.72. The van der Waals surface area contributed by atoms with Gasteiger partial charge in [-0.25, -0.2) is 48.3 Å². The van der Waals surface area contributed by atoms with E-state index in [1.165, 1.54) is 12.7 Å². The highest BCUT2D eigenvalue weighted by molar-refractivity contribution is 5.73. The van der Waals surface area contributed by atoms with Crippen LogP contribution in [0.2, 0.25) is 0 Å². The van der Waals surface area contributed by atoms with Gasteiger partial charge >= 0.3 is 0 Å². The van der Waals surface area contributed by atoms with E-state index in [2.05, 4.69) is 34.0 Å². The molecule has 8 aromatic rings. The number of imidazole rings is 2. The molecule has 49 heavy (non-hydrogen) atoms. The molecule has 0 saturated heterocycles. The zero-order chi connectivity index (χ0) is 33.5. The summed E-state index contributed by atoms with van der Waals surface area (Å²) in [7, 11) is 0. The molecule has 8 rings (SSSR count). The van der Waals surface area contributed by atoms with Gasteiger partial charge < -0.3 is 4.74 Å². The third-order valence-electron chi connectivity index (χ3n) is 8.12. The van der Waals surface area contributed by atoms with E-state index < -0.39 is 0 Å². The van der Waals surface area contributed by atoms with Gasteiger partial charge in [-0.15, -0.1) is 10.2 Å². The van der Waals surface area contributed by atoms with Gasteiger partial charge in [-0.2, -0.15) is 10.2 Å². The molecule has 0 fully saturated rings. The van der Waals surface area contributed by atoms with E-state index in [4.69, 9.17) is 34.9 Å². The normalized spacial score (nSPS) is 11.6. The van der Waals surface area contributed by atoms with Crippen molar-refractivity contribution < 1.29 is 4.74 Å². The minimum absolute atomic E-state index is 0.449. The molecule has 244 valence electrons. The number of rotatable bonds is 10. The lowest BCUT2D eigenvalue weighted by Crippen LogP contribution is -2.10. The van der Waals surface area contributed by atoms with Crippen molar-refractivity contribution in [3.63, 3.8) is 0 Å². The summed E-state index contributed by atoms with van der Waals surface area (Å²) in [6.07, 6.45) is 9.54. The molecule has 2 aromatic carbocycles. The standard InChI is InChI=1S/C34H32N14O/c1-5-11-27-39-21(3)29-33(45-19-35-17-37-45)41-31(43-47(27)29)23-13-7-9-15-25(23)49-26-16-10-8-14-24(26)32-42-34(46-20-36-18-38-46)30-22(4)40-28(12-6-2)48(30)44-32/h7-10,13-20H,5-6,11-12H2,1-4H3. The lowest BCUT2D eigenvalue weighted by Gasteiger charge is -2.15. The molecule has 0 radical (unpaired) electrons. The molecule has 6 heterocycles. The summed E-state index contributed by atoms with van der Waals surface area (Å²) in [5.74, 6) is 4.84. The molecule has 0 aliphatic carbocycles. The van der Waals surface area contributed by atoms with E-state index in [0.29, 0.717) is 45.9 Å². The third-order valence-corrected chi connectivity index (χ3v) is 8.12. The van der Waals surface area contributed by atoms with Gasteiger partial charge in [0.1, 0.15) is 59.5 Å². The van der Waals surface area contributed by atoms with Gasteiger partial charge in [-0.1, -0.05) is 38.1 Å². The Labute approximate surface area is 280 Å². The van der Waals surface area contributed by atoms with Crippen molar-refractivity contribution in [2.75, 3.05) is 0 Å². The highest BCUT2D eigenvalue weighted by Crippen LogP contribution is 2.37. The van der Waals surface area contributed by atoms with Crippen LogP contribution in [0.1, 0.15) is 49.7 Å². The average molecular weight is 653 g/mol. The van der Waals surface area contributed by atoms with Crippen LogP contribution >= 0.6 is 0 Å². The fourth-order valence-electron chi connectivity index (χ4n) is 5.97. The summed E-state index contributed by atoms with van der Waals surface area (Å²) >= 11 is 0. The lowest BCUT2D eigenvalue weighted by atomic mass is 10.1. The summed E-state index contributed by atoms with van der Waals surface area (Å²) in [4.78, 5) is 28.0. The first kappa shape index (κ1) is 30.0. The van der Waals surface area contributed by atoms with E-state index in [-0.39, 0.29) is 0 Å². The number of hydrogen-bond donors (Lipinski definition) is 0. The minimum Gasteiger partial charge on any atom is -0.456 e. The average Bonchev–Trinajstić information content (AvgIpc) is 3.94. The van der Waals surface area contributed by atoms with Crippen molar-refractivity contribution in [1.82, 2.24) is 68.7 Å². The summed E-state index contributed by atoms with van der Waals surface area (Å²) < 4.78 is 13.7. The van der Waals surface area contributed by atoms with Gasteiger partial charge in [0.25, 0.3) is 0 Å². The number of hydrogen-bond acceptors (Lipinski definition) is 11. The van der Waals surface area contributed by atoms with Crippen molar-refractivity contribution in [3.05, 3.63) is 96.9 Å². The number of fused-ring (bicyclic) bond motifs is 2. The van der Waals surface area contributed by atoms with Crippen molar-refractivity contribution in [2.45, 2.75) is 53.4 Å². The molecule has 0 N–H and O–H groups in total. The molecule has 0 bridgehead atoms. The number of para-hydroxylation sites is 2. The molecule has 0 amide bonds. The summed E-state index contributed by atoms with van der Waals surface area (Å²) in [5, 5.41) is 18.7. The molecule has 15 heteroatoms. The van der Waals surface area contributed by atoms with Crippen molar-refractivity contribution in [2.24, 2.45) is 0 Å². The van der Waals surface area contributed by atoms with Crippen molar-refractivity contribution in [3.8, 4) is 45.9 Å². The molecule has 0 atom stereocenters. The Morgan fingerprint density at radius 3 is 1.45 bits per heavy atom. The smallest absolute Gasteiger partial charge is 0.186 e. The van der Waals surface area contributed by atoms with Crippen molar-refractivity contribution >= 4 is 11.0 Å². The monoisotopic (exact) mass is 652 g/mol. The molecule has 0 spiro atoms. The summed E-state index contributed by atoms with van der Waals surface area (Å²) in [5.41, 5.74) is 4.55. The van der Waals surface area contributed by atoms with Crippen LogP contribution < -0.4 is 4.74 Å². The molecule has 15 nitrogen and oxygen atoms in total. The predicted octanol–water partition coefficient (Wildman–Crippen LogP) is 5.37. The Kier molecular flexibility index (Phi) is 7.55. The van der Waals surface area contributed by atoms with E-state index in [1.807, 2.05) is 71.4 Å². The Hall–Kier alpha value is -6.38. The Bertz CT molecular complexity index is 2260. The second-order valence-electron chi connectivity index (χ2n) is 11.5. The van der Waals surface area contributed by atoms with Gasteiger partial charge in [0.15, 0.2) is 23.3 Å². The topological polar surface area (TPSA) is 157 Å². The molecule has 0 unspecified atom stereocenters. The van der Waals surface area contributed by atoms with Crippen LogP contribution in [0.15, 0.2) is 73.8 Å². The van der Waals surface area contributed by atoms with E-state index in [9.17, 15) is 0 Å². The first-order valence-corrected chi connectivity index (χ1v) is 16.1. The second kappa shape index (κ2) is 12.3. The number of aromatic nitrogens is 14. The largest absolute Gasteiger partial charge is 0.456 e. The maximum absolute atomic E-state index is 6.72. The molecule has 0 aliphatic heterocycles. The van der Waals surface area contributed by atoms with Gasteiger partial charge in [0.2, 0.25) is 0 Å². The summed E-state index contributed by atoms with van der Waals surface area (Å²) in [6.45, 7) is 8.14. The van der Waals surface area contributed by atoms with E-state index in [0.717, 1.165) is 59.8 Å². The zero-order valence-corrected chi connectivity index (χ0v) is 27.4. The molecule has 0 saturated carbocycles. The summed E-state index contributed by atoms with van der Waals surface area (Å²) in [6, 6.07) is 15.4. The maximum Gasteiger partial charge on any atom is 0.186 e. The lowest BCUT2D eigenvalue weighted by molar-refractivity contribution is 0.485. The fourth-order valence-corrected chi connectivity index (χ4v) is 5.97. The SMILES string of the molecule is CCCc1nc(C)c2c(-n3cncn3)nc(-c3ccccc3Oc3ccccc3-c3nc(-n4cncn4)c4c(C)nc(CCC)n4n3)nn12. The number of nitrogens with zero attached hydrogens (tertiary/aromatic N) is 14. The van der Waals surface area contributed by atoms with E-state index >= 15 is 0 Å².